The number of Topliss-reactive ketones (excluding diaryl/α,β-unsaturated/α-hetero) is 2. The van der Waals surface area contributed by atoms with E-state index in [0.717, 1.165) is 64.2 Å². The fourth-order valence-electron chi connectivity index (χ4n) is 6.11. The number of carbonyl (C=O) groups excluding carboxylic acids is 4. The van der Waals surface area contributed by atoms with Crippen LogP contribution in [0.1, 0.15) is 125 Å². The van der Waals surface area contributed by atoms with Gasteiger partial charge in [-0.1, -0.05) is 91.6 Å². The van der Waals surface area contributed by atoms with Crippen LogP contribution < -0.4 is 0 Å². The number of carbonyl (C=O) groups is 2. The van der Waals surface area contributed by atoms with E-state index < -0.39 is 31.4 Å². The molecule has 0 aromatic heterocycles. The van der Waals surface area contributed by atoms with Crippen molar-refractivity contribution in [2.75, 3.05) is 37.5 Å². The third-order valence-corrected chi connectivity index (χ3v) is 21.6. The van der Waals surface area contributed by atoms with E-state index in [9.17, 15) is 19.2 Å². The zero-order valence-electron chi connectivity index (χ0n) is 33.7. The van der Waals surface area contributed by atoms with Gasteiger partial charge in [-0.3, -0.25) is 9.59 Å². The summed E-state index contributed by atoms with van der Waals surface area (Å²) in [5, 5.41) is 0. The minimum absolute atomic E-state index is 0. The van der Waals surface area contributed by atoms with Gasteiger partial charge >= 0.3 is 0 Å². The van der Waals surface area contributed by atoms with Gasteiger partial charge in [0.25, 0.3) is 0 Å². The molecule has 0 bridgehead atoms. The van der Waals surface area contributed by atoms with Crippen LogP contribution in [0.3, 0.4) is 0 Å². The zero-order chi connectivity index (χ0) is 40.6. The van der Waals surface area contributed by atoms with Gasteiger partial charge in [0, 0.05) is 103 Å². The monoisotopic (exact) mass is 1110 g/mol. The van der Waals surface area contributed by atoms with Crippen molar-refractivity contribution in [1.82, 2.24) is 7.42 Å². The summed E-state index contributed by atoms with van der Waals surface area (Å²) in [5.41, 5.74) is 0.0795. The molecular weight excluding hydrogens is 1050 g/mol. The predicted molar refractivity (Wildman–Crippen MR) is 256 cm³/mol. The van der Waals surface area contributed by atoms with E-state index in [-0.39, 0.29) is 115 Å². The van der Waals surface area contributed by atoms with Crippen molar-refractivity contribution in [3.05, 3.63) is 0 Å². The molecule has 20 heteroatoms. The molecule has 0 saturated heterocycles. The third-order valence-electron chi connectivity index (χ3n) is 7.66. The summed E-state index contributed by atoms with van der Waals surface area (Å²) in [4.78, 5) is 48.1. The Labute approximate surface area is 421 Å². The van der Waals surface area contributed by atoms with Gasteiger partial charge in [0.05, 0.1) is 0 Å². The van der Waals surface area contributed by atoms with Crippen LogP contribution in [0.25, 0.3) is 0 Å². The Hall–Kier alpha value is 4.23. The van der Waals surface area contributed by atoms with Crippen LogP contribution in [0.2, 0.25) is 0 Å². The van der Waals surface area contributed by atoms with E-state index in [0.29, 0.717) is 18.8 Å². The molecule has 0 amide bonds. The van der Waals surface area contributed by atoms with Crippen LogP contribution in [-0.4, -0.2) is 81.2 Å². The summed E-state index contributed by atoms with van der Waals surface area (Å²) in [6, 6.07) is -1.14. The van der Waals surface area contributed by atoms with Gasteiger partial charge in [-0.05, 0) is 145 Å². The SMILES string of the molecule is CCCC(CCC)(CCC)CC(=O)CC([C-]=O)N(S(C)=S)S(C)=S=S.CCCC(CCC)CC(=O)CC([C-]=O)N(S(C)=S)S(C)=S=S.C[S-].C[S-].[Y].[Y]. The molecule has 0 heterocycles. The van der Waals surface area contributed by atoms with E-state index in [1.54, 1.807) is 12.5 Å². The van der Waals surface area contributed by atoms with Crippen LogP contribution in [0, 0.1) is 11.3 Å². The molecule has 0 N–H and O–H groups in total. The molecule has 0 aliphatic rings. The normalized spacial score (nSPS) is 14.0. The Morgan fingerprint density at radius 2 is 0.962 bits per heavy atom. The van der Waals surface area contributed by atoms with E-state index in [1.807, 2.05) is 38.7 Å². The van der Waals surface area contributed by atoms with Gasteiger partial charge in [-0.15, -0.1) is 0 Å². The average molecular weight is 1120 g/mol. The van der Waals surface area contributed by atoms with Gasteiger partial charge in [0.2, 0.25) is 0 Å². The van der Waals surface area contributed by atoms with Crippen molar-refractivity contribution in [2.45, 2.75) is 137 Å². The fourth-order valence-corrected chi connectivity index (χ4v) is 18.5. The maximum atomic E-state index is 12.8. The van der Waals surface area contributed by atoms with Crippen LogP contribution >= 0.6 is 0 Å². The first-order chi connectivity index (χ1) is 24.2. The first kappa shape index (κ1) is 68.9. The van der Waals surface area contributed by atoms with Crippen LogP contribution in [0.5, 0.6) is 0 Å². The molecule has 0 aromatic rings. The average Bonchev–Trinajstić information content (AvgIpc) is 3.09. The van der Waals surface area contributed by atoms with Crippen molar-refractivity contribution in [2.24, 2.45) is 11.3 Å². The smallest absolute Gasteiger partial charge is 0.132 e. The van der Waals surface area contributed by atoms with E-state index in [2.05, 4.69) is 66.2 Å². The van der Waals surface area contributed by atoms with E-state index in [4.69, 9.17) is 44.8 Å². The number of hydrogen-bond acceptors (Lipinski definition) is 10. The Kier molecular flexibility index (Phi) is 59.5. The molecule has 0 spiro atoms. The van der Waals surface area contributed by atoms with Crippen molar-refractivity contribution in [1.29, 1.82) is 0 Å². The molecule has 53 heavy (non-hydrogen) atoms. The zero-order valence-corrected chi connectivity index (χ0v) is 49.2. The second-order valence-corrected chi connectivity index (χ2v) is 26.5. The molecule has 0 rings (SSSR count). The van der Waals surface area contributed by atoms with Gasteiger partial charge < -0.3 is 34.8 Å². The van der Waals surface area contributed by atoms with Gasteiger partial charge in [0.1, 0.15) is 11.6 Å². The number of ketones is 2. The Morgan fingerprint density at radius 3 is 1.21 bits per heavy atom. The van der Waals surface area contributed by atoms with Crippen LogP contribution in [-0.2, 0) is 211 Å². The maximum Gasteiger partial charge on any atom is 0.132 e. The molecule has 312 valence electrons. The molecular formula is C33H64N2O4S12Y2-4. The molecule has 6 nitrogen and oxygen atoms in total. The molecule has 6 atom stereocenters. The van der Waals surface area contributed by atoms with E-state index >= 15 is 0 Å². The fraction of sp³-hybridized carbons (Fsp3) is 0.879. The minimum atomic E-state index is -0.579. The van der Waals surface area contributed by atoms with Crippen molar-refractivity contribution in [3.63, 3.8) is 0 Å². The molecule has 0 aliphatic heterocycles. The predicted octanol–water partition coefficient (Wildman–Crippen LogP) is 6.65. The Morgan fingerprint density at radius 1 is 0.642 bits per heavy atom. The summed E-state index contributed by atoms with van der Waals surface area (Å²) in [6.07, 6.45) is 27.2. The summed E-state index contributed by atoms with van der Waals surface area (Å²) in [6.45, 7) is 10.8. The van der Waals surface area contributed by atoms with Crippen molar-refractivity contribution < 1.29 is 84.6 Å². The second kappa shape index (κ2) is 45.7. The quantitative estimate of drug-likeness (QED) is 0.0689. The molecule has 0 fully saturated rings. The largest absolute Gasteiger partial charge is 0.796 e. The molecule has 2 radical (unpaired) electrons. The third kappa shape index (κ3) is 32.6. The van der Waals surface area contributed by atoms with Crippen molar-refractivity contribution in [3.8, 4) is 0 Å². The van der Waals surface area contributed by atoms with Crippen LogP contribution in [0.4, 0.5) is 0 Å². The van der Waals surface area contributed by atoms with Gasteiger partial charge in [-0.2, -0.15) is 12.5 Å². The molecule has 0 saturated carbocycles. The van der Waals surface area contributed by atoms with Crippen LogP contribution in [0.15, 0.2) is 0 Å². The summed E-state index contributed by atoms with van der Waals surface area (Å²) in [5.74, 6) is 0.720. The molecule has 0 aliphatic carbocycles. The Bertz CT molecular complexity index is 1130. The summed E-state index contributed by atoms with van der Waals surface area (Å²) >= 11 is 29.0. The number of nitrogens with zero attached hydrogens (tertiary/aromatic N) is 2. The standard InChI is InChI=1S/C17H32NO2S5.C14H26NO2S5.2CH4S.2Y/c1-6-9-17(10-7-2,11-8-3)13-16(20)12-15(14-19)18(24(4)22)25(5)23-21;1-5-7-12(8-6-2)9-14(17)10-13(11-16)15(21(3)19)22(4)20-18;2*1-2;;/h15H,6-13H2,1-5H3;12-13H,5-10H2,1-4H3;2*2H,1H3;;/q2*-1;;;;/p-2. The van der Waals surface area contributed by atoms with Gasteiger partial charge in [0.15, 0.2) is 0 Å². The minimum Gasteiger partial charge on any atom is -0.796 e. The number of rotatable bonds is 26. The van der Waals surface area contributed by atoms with Gasteiger partial charge in [-0.25, -0.2) is 20.0 Å². The van der Waals surface area contributed by atoms with E-state index in [1.165, 1.54) is 17.8 Å². The first-order valence-electron chi connectivity index (χ1n) is 17.0. The molecule has 6 unspecified atom stereocenters. The molecule has 0 aromatic carbocycles. The topological polar surface area (TPSA) is 74.8 Å². The first-order valence-corrected chi connectivity index (χ1v) is 31.4. The Balaban J connectivity index is -0.000000185. The second-order valence-electron chi connectivity index (χ2n) is 11.7. The summed E-state index contributed by atoms with van der Waals surface area (Å²) < 4.78 is 3.76. The summed E-state index contributed by atoms with van der Waals surface area (Å²) in [7, 11) is 0.729. The number of hydrogen-bond donors (Lipinski definition) is 0. The maximum absolute atomic E-state index is 12.8. The van der Waals surface area contributed by atoms with Crippen molar-refractivity contribution >= 4 is 150 Å².